The van der Waals surface area contributed by atoms with Crippen LogP contribution in [0.1, 0.15) is 40.5 Å². The number of hydrogen-bond acceptors (Lipinski definition) is 4. The van der Waals surface area contributed by atoms with Gasteiger partial charge in [0.15, 0.2) is 8.32 Å². The molecule has 0 saturated heterocycles. The second-order valence-electron chi connectivity index (χ2n) is 8.98. The van der Waals surface area contributed by atoms with Gasteiger partial charge in [0.05, 0.1) is 19.5 Å². The summed E-state index contributed by atoms with van der Waals surface area (Å²) in [6, 6.07) is 10.4. The Morgan fingerprint density at radius 2 is 1.85 bits per heavy atom. The van der Waals surface area contributed by atoms with Crippen LogP contribution in [-0.2, 0) is 14.0 Å². The Balaban J connectivity index is 2.31. The number of benzene rings is 1. The lowest BCUT2D eigenvalue weighted by molar-refractivity contribution is -0.117. The van der Waals surface area contributed by atoms with Gasteiger partial charge in [0, 0.05) is 28.9 Å². The quantitative estimate of drug-likeness (QED) is 0.313. The molecular formula is C22H34O3SSi. The Morgan fingerprint density at radius 3 is 2.41 bits per heavy atom. The molecule has 0 aliphatic heterocycles. The lowest BCUT2D eigenvalue weighted by Crippen LogP contribution is -2.46. The van der Waals surface area contributed by atoms with E-state index in [-0.39, 0.29) is 22.3 Å². The van der Waals surface area contributed by atoms with E-state index in [0.29, 0.717) is 18.6 Å². The third kappa shape index (κ3) is 5.72. The molecule has 2 rings (SSSR count). The second-order valence-corrected chi connectivity index (χ2v) is 14.9. The summed E-state index contributed by atoms with van der Waals surface area (Å²) in [5.74, 6) is 0.482. The molecule has 0 heterocycles. The van der Waals surface area contributed by atoms with E-state index < -0.39 is 8.32 Å². The molecule has 1 aromatic rings. The second kappa shape index (κ2) is 8.97. The molecule has 0 spiro atoms. The molecule has 1 aromatic carbocycles. The number of ether oxygens (including phenoxy) is 1. The topological polar surface area (TPSA) is 35.5 Å². The van der Waals surface area contributed by atoms with E-state index in [4.69, 9.17) is 9.16 Å². The fourth-order valence-corrected chi connectivity index (χ4v) is 5.92. The SMILES string of the molecule is COC=C(C)C(Sc1ccccc1)C1CC(=O)CC1O[Si](C)(C)C(C)(C)C. The first-order valence-corrected chi connectivity index (χ1v) is 13.4. The first-order chi connectivity index (χ1) is 12.5. The van der Waals surface area contributed by atoms with Gasteiger partial charge in [0.1, 0.15) is 5.78 Å². The predicted octanol–water partition coefficient (Wildman–Crippen LogP) is 6.07. The van der Waals surface area contributed by atoms with E-state index in [9.17, 15) is 4.79 Å². The summed E-state index contributed by atoms with van der Waals surface area (Å²) in [4.78, 5) is 13.6. The third-order valence-electron chi connectivity index (χ3n) is 5.77. The standard InChI is InChI=1S/C22H34O3SSi/c1-16(15-24-5)21(26-18-11-9-8-10-12-18)19-13-17(23)14-20(19)25-27(6,7)22(2,3)4/h8-12,15,19-21H,13-14H2,1-7H3. The summed E-state index contributed by atoms with van der Waals surface area (Å²) in [6.45, 7) is 13.4. The van der Waals surface area contributed by atoms with Crippen molar-refractivity contribution in [2.75, 3.05) is 7.11 Å². The Kier molecular flexibility index (Phi) is 7.39. The van der Waals surface area contributed by atoms with Gasteiger partial charge in [-0.3, -0.25) is 4.79 Å². The number of rotatable bonds is 7. The fraction of sp³-hybridized carbons (Fsp3) is 0.591. The molecule has 1 saturated carbocycles. The van der Waals surface area contributed by atoms with Gasteiger partial charge in [-0.1, -0.05) is 39.0 Å². The molecule has 0 radical (unpaired) electrons. The average Bonchev–Trinajstić information content (AvgIpc) is 2.92. The summed E-state index contributed by atoms with van der Waals surface area (Å²) < 4.78 is 12.0. The van der Waals surface area contributed by atoms with Crippen molar-refractivity contribution >= 4 is 25.9 Å². The van der Waals surface area contributed by atoms with Crippen molar-refractivity contribution in [3.63, 3.8) is 0 Å². The summed E-state index contributed by atoms with van der Waals surface area (Å²) in [6.07, 6.45) is 2.91. The van der Waals surface area contributed by atoms with Gasteiger partial charge < -0.3 is 9.16 Å². The highest BCUT2D eigenvalue weighted by Gasteiger charge is 2.46. The number of ketones is 1. The number of Topliss-reactive ketones (excluding diaryl/α,β-unsaturated/α-hetero) is 1. The minimum absolute atomic E-state index is 0.0141. The van der Waals surface area contributed by atoms with Gasteiger partial charge >= 0.3 is 0 Å². The smallest absolute Gasteiger partial charge is 0.192 e. The zero-order valence-corrected chi connectivity index (χ0v) is 19.6. The maximum absolute atomic E-state index is 12.4. The van der Waals surface area contributed by atoms with Crippen LogP contribution in [0.15, 0.2) is 47.1 Å². The van der Waals surface area contributed by atoms with E-state index in [0.717, 1.165) is 5.57 Å². The highest BCUT2D eigenvalue weighted by atomic mass is 32.2. The molecule has 150 valence electrons. The Labute approximate surface area is 170 Å². The molecule has 0 N–H and O–H groups in total. The van der Waals surface area contributed by atoms with Crippen LogP contribution in [0, 0.1) is 5.92 Å². The van der Waals surface area contributed by atoms with Crippen molar-refractivity contribution in [1.82, 2.24) is 0 Å². The van der Waals surface area contributed by atoms with Crippen LogP contribution >= 0.6 is 11.8 Å². The minimum Gasteiger partial charge on any atom is -0.504 e. The molecule has 3 unspecified atom stereocenters. The summed E-state index contributed by atoms with van der Waals surface area (Å²) >= 11 is 1.81. The van der Waals surface area contributed by atoms with Gasteiger partial charge in [0.2, 0.25) is 0 Å². The van der Waals surface area contributed by atoms with Crippen molar-refractivity contribution in [2.24, 2.45) is 5.92 Å². The van der Waals surface area contributed by atoms with Crippen LogP contribution < -0.4 is 0 Å². The molecule has 1 aliphatic carbocycles. The highest BCUT2D eigenvalue weighted by Crippen LogP contribution is 2.45. The lowest BCUT2D eigenvalue weighted by Gasteiger charge is -2.41. The summed E-state index contributed by atoms with van der Waals surface area (Å²) in [5.41, 5.74) is 1.15. The molecule has 1 fully saturated rings. The lowest BCUT2D eigenvalue weighted by atomic mass is 9.97. The molecule has 0 bridgehead atoms. The zero-order valence-electron chi connectivity index (χ0n) is 17.7. The zero-order chi connectivity index (χ0) is 20.2. The summed E-state index contributed by atoms with van der Waals surface area (Å²) in [7, 11) is -0.267. The molecule has 27 heavy (non-hydrogen) atoms. The van der Waals surface area contributed by atoms with Crippen molar-refractivity contribution in [3.8, 4) is 0 Å². The van der Waals surface area contributed by atoms with Crippen molar-refractivity contribution in [2.45, 2.75) is 74.9 Å². The van der Waals surface area contributed by atoms with Crippen LogP contribution in [0.5, 0.6) is 0 Å². The van der Waals surface area contributed by atoms with Gasteiger partial charge in [-0.25, -0.2) is 0 Å². The van der Waals surface area contributed by atoms with E-state index in [1.54, 1.807) is 7.11 Å². The van der Waals surface area contributed by atoms with E-state index >= 15 is 0 Å². The van der Waals surface area contributed by atoms with Crippen LogP contribution in [0.2, 0.25) is 18.1 Å². The number of carbonyl (C=O) groups is 1. The molecule has 0 amide bonds. The molecule has 5 heteroatoms. The summed E-state index contributed by atoms with van der Waals surface area (Å²) in [5, 5.41) is 0.288. The van der Waals surface area contributed by atoms with Crippen LogP contribution in [0.4, 0.5) is 0 Å². The van der Waals surface area contributed by atoms with Crippen molar-refractivity contribution in [3.05, 3.63) is 42.2 Å². The number of thioether (sulfide) groups is 1. The molecule has 3 atom stereocenters. The third-order valence-corrected chi connectivity index (χ3v) is 11.8. The first-order valence-electron chi connectivity index (χ1n) is 9.66. The molecular weight excluding hydrogens is 372 g/mol. The Hall–Kier alpha value is -1.04. The highest BCUT2D eigenvalue weighted by molar-refractivity contribution is 8.00. The van der Waals surface area contributed by atoms with Crippen molar-refractivity contribution < 1.29 is 14.0 Å². The average molecular weight is 407 g/mol. The van der Waals surface area contributed by atoms with Gasteiger partial charge in [0.25, 0.3) is 0 Å². The van der Waals surface area contributed by atoms with Crippen LogP contribution in [0.3, 0.4) is 0 Å². The number of carbonyl (C=O) groups excluding carboxylic acids is 1. The largest absolute Gasteiger partial charge is 0.504 e. The van der Waals surface area contributed by atoms with Gasteiger partial charge in [-0.05, 0) is 42.8 Å². The van der Waals surface area contributed by atoms with Gasteiger partial charge in [-0.15, -0.1) is 11.8 Å². The monoisotopic (exact) mass is 406 g/mol. The molecule has 3 nitrogen and oxygen atoms in total. The van der Waals surface area contributed by atoms with Crippen LogP contribution in [0.25, 0.3) is 0 Å². The minimum atomic E-state index is -1.94. The van der Waals surface area contributed by atoms with Gasteiger partial charge in [-0.2, -0.15) is 0 Å². The maximum atomic E-state index is 12.4. The van der Waals surface area contributed by atoms with Crippen LogP contribution in [-0.4, -0.2) is 32.6 Å². The molecule has 1 aliphatic rings. The maximum Gasteiger partial charge on any atom is 0.192 e. The number of methoxy groups -OCH3 is 1. The molecule has 0 aromatic heterocycles. The van der Waals surface area contributed by atoms with E-state index in [1.807, 2.05) is 24.1 Å². The normalized spacial score (nSPS) is 22.8. The Bertz CT molecular complexity index is 664. The van der Waals surface area contributed by atoms with E-state index in [2.05, 4.69) is 65.1 Å². The first kappa shape index (κ1) is 22.2. The van der Waals surface area contributed by atoms with E-state index in [1.165, 1.54) is 4.90 Å². The fourth-order valence-electron chi connectivity index (χ4n) is 3.26. The Morgan fingerprint density at radius 1 is 1.22 bits per heavy atom. The number of hydrogen-bond donors (Lipinski definition) is 0. The van der Waals surface area contributed by atoms with Crippen molar-refractivity contribution in [1.29, 1.82) is 0 Å². The predicted molar refractivity (Wildman–Crippen MR) is 117 cm³/mol.